The van der Waals surface area contributed by atoms with Gasteiger partial charge in [0.2, 0.25) is 5.89 Å². The van der Waals surface area contributed by atoms with E-state index in [0.717, 1.165) is 38.5 Å². The van der Waals surface area contributed by atoms with Gasteiger partial charge in [-0.3, -0.25) is 0 Å². The van der Waals surface area contributed by atoms with Crippen LogP contribution in [0.4, 0.5) is 0 Å². The Morgan fingerprint density at radius 2 is 1.90 bits per heavy atom. The Bertz CT molecular complexity index is 606. The highest BCUT2D eigenvalue weighted by Crippen LogP contribution is 2.39. The highest BCUT2D eigenvalue weighted by Gasteiger charge is 2.41. The van der Waals surface area contributed by atoms with Crippen LogP contribution in [0, 0.1) is 11.3 Å². The number of rotatable bonds is 4. The SMILES string of the molecule is N#CC1(c2nc(CCc3ccccc3)no2)CCCC1. The van der Waals surface area contributed by atoms with Gasteiger partial charge in [0, 0.05) is 6.42 Å². The summed E-state index contributed by atoms with van der Waals surface area (Å²) in [6, 6.07) is 12.6. The lowest BCUT2D eigenvalue weighted by Crippen LogP contribution is -2.19. The van der Waals surface area contributed by atoms with Crippen LogP contribution in [0.3, 0.4) is 0 Å². The van der Waals surface area contributed by atoms with Crippen molar-refractivity contribution >= 4 is 0 Å². The second kappa shape index (κ2) is 5.46. The number of hydrogen-bond donors (Lipinski definition) is 0. The molecular formula is C16H17N3O. The largest absolute Gasteiger partial charge is 0.338 e. The highest BCUT2D eigenvalue weighted by atomic mass is 16.5. The Hall–Kier alpha value is -2.15. The molecule has 4 heteroatoms. The van der Waals surface area contributed by atoms with Gasteiger partial charge in [-0.05, 0) is 24.8 Å². The normalized spacial score (nSPS) is 16.9. The molecule has 20 heavy (non-hydrogen) atoms. The van der Waals surface area contributed by atoms with Gasteiger partial charge in [0.15, 0.2) is 5.82 Å². The van der Waals surface area contributed by atoms with Gasteiger partial charge >= 0.3 is 0 Å². The summed E-state index contributed by atoms with van der Waals surface area (Å²) in [5, 5.41) is 13.4. The maximum Gasteiger partial charge on any atom is 0.247 e. The monoisotopic (exact) mass is 267 g/mol. The molecule has 0 spiro atoms. The molecule has 0 radical (unpaired) electrons. The van der Waals surface area contributed by atoms with Crippen molar-refractivity contribution in [1.82, 2.24) is 10.1 Å². The molecule has 4 nitrogen and oxygen atoms in total. The van der Waals surface area contributed by atoms with E-state index in [0.29, 0.717) is 11.7 Å². The molecule has 1 aromatic heterocycles. The first-order valence-electron chi connectivity index (χ1n) is 7.11. The standard InChI is InChI=1S/C16H17N3O/c17-12-16(10-4-5-11-16)15-18-14(19-20-15)9-8-13-6-2-1-3-7-13/h1-3,6-7H,4-5,8-11H2. The number of aromatic nitrogens is 2. The van der Waals surface area contributed by atoms with Crippen molar-refractivity contribution in [2.75, 3.05) is 0 Å². The zero-order valence-corrected chi connectivity index (χ0v) is 11.4. The zero-order valence-electron chi connectivity index (χ0n) is 11.4. The molecule has 0 aliphatic heterocycles. The van der Waals surface area contributed by atoms with E-state index < -0.39 is 5.41 Å². The third-order valence-electron chi connectivity index (χ3n) is 4.03. The van der Waals surface area contributed by atoms with Crippen LogP contribution in [-0.4, -0.2) is 10.1 Å². The van der Waals surface area contributed by atoms with Crippen molar-refractivity contribution in [3.05, 3.63) is 47.6 Å². The second-order valence-electron chi connectivity index (χ2n) is 5.40. The van der Waals surface area contributed by atoms with Gasteiger partial charge < -0.3 is 4.52 Å². The van der Waals surface area contributed by atoms with Gasteiger partial charge in [-0.2, -0.15) is 10.2 Å². The minimum absolute atomic E-state index is 0.514. The topological polar surface area (TPSA) is 62.7 Å². The predicted molar refractivity (Wildman–Crippen MR) is 73.9 cm³/mol. The summed E-state index contributed by atoms with van der Waals surface area (Å²) in [7, 11) is 0. The van der Waals surface area contributed by atoms with Crippen molar-refractivity contribution in [2.24, 2.45) is 0 Å². The average molecular weight is 267 g/mol. The quantitative estimate of drug-likeness (QED) is 0.853. The van der Waals surface area contributed by atoms with Gasteiger partial charge in [0.05, 0.1) is 6.07 Å². The lowest BCUT2D eigenvalue weighted by Gasteiger charge is -2.13. The molecule has 1 heterocycles. The molecule has 1 aliphatic rings. The molecule has 0 N–H and O–H groups in total. The maximum absolute atomic E-state index is 9.41. The van der Waals surface area contributed by atoms with E-state index in [1.807, 2.05) is 18.2 Å². The molecule has 2 aromatic rings. The van der Waals surface area contributed by atoms with Crippen molar-refractivity contribution in [2.45, 2.75) is 43.9 Å². The summed E-state index contributed by atoms with van der Waals surface area (Å²) < 4.78 is 5.35. The van der Waals surface area contributed by atoms with Crippen LogP contribution in [0.15, 0.2) is 34.9 Å². The molecular weight excluding hydrogens is 250 g/mol. The maximum atomic E-state index is 9.41. The van der Waals surface area contributed by atoms with Crippen molar-refractivity contribution in [3.8, 4) is 6.07 Å². The van der Waals surface area contributed by atoms with E-state index >= 15 is 0 Å². The summed E-state index contributed by atoms with van der Waals surface area (Å²) in [6.45, 7) is 0. The fraction of sp³-hybridized carbons (Fsp3) is 0.438. The van der Waals surface area contributed by atoms with Crippen LogP contribution in [0.1, 0.15) is 43.0 Å². The summed E-state index contributed by atoms with van der Waals surface area (Å²) in [5.41, 5.74) is 0.729. The van der Waals surface area contributed by atoms with Crippen LogP contribution in [0.25, 0.3) is 0 Å². The Morgan fingerprint density at radius 1 is 1.15 bits per heavy atom. The minimum Gasteiger partial charge on any atom is -0.338 e. The van der Waals surface area contributed by atoms with Crippen LogP contribution < -0.4 is 0 Å². The first kappa shape index (κ1) is 12.9. The molecule has 0 amide bonds. The van der Waals surface area contributed by atoms with Gasteiger partial charge in [-0.1, -0.05) is 48.3 Å². The van der Waals surface area contributed by atoms with Crippen molar-refractivity contribution in [3.63, 3.8) is 0 Å². The average Bonchev–Trinajstić information content (AvgIpc) is 3.16. The summed E-state index contributed by atoms with van der Waals surface area (Å²) in [6.07, 6.45) is 5.44. The van der Waals surface area contributed by atoms with Gasteiger partial charge in [0.25, 0.3) is 0 Å². The zero-order chi connectivity index (χ0) is 13.8. The lowest BCUT2D eigenvalue weighted by atomic mass is 9.88. The fourth-order valence-electron chi connectivity index (χ4n) is 2.80. The van der Waals surface area contributed by atoms with Crippen molar-refractivity contribution in [1.29, 1.82) is 5.26 Å². The first-order chi connectivity index (χ1) is 9.82. The summed E-state index contributed by atoms with van der Waals surface area (Å²) in [4.78, 5) is 4.45. The minimum atomic E-state index is -0.530. The molecule has 1 saturated carbocycles. The molecule has 102 valence electrons. The van der Waals surface area contributed by atoms with Crippen LogP contribution in [0.2, 0.25) is 0 Å². The Kier molecular flexibility index (Phi) is 3.51. The van der Waals surface area contributed by atoms with E-state index in [9.17, 15) is 5.26 Å². The van der Waals surface area contributed by atoms with Crippen LogP contribution in [-0.2, 0) is 18.3 Å². The molecule has 1 fully saturated rings. The Balaban J connectivity index is 1.70. The molecule has 0 unspecified atom stereocenters. The number of benzene rings is 1. The predicted octanol–water partition coefficient (Wildman–Crippen LogP) is 3.19. The summed E-state index contributed by atoms with van der Waals surface area (Å²) in [5.74, 6) is 1.21. The van der Waals surface area contributed by atoms with Crippen LogP contribution in [0.5, 0.6) is 0 Å². The van der Waals surface area contributed by atoms with E-state index in [4.69, 9.17) is 4.52 Å². The molecule has 0 saturated heterocycles. The molecule has 1 aliphatic carbocycles. The van der Waals surface area contributed by atoms with E-state index in [-0.39, 0.29) is 0 Å². The van der Waals surface area contributed by atoms with Crippen molar-refractivity contribution < 1.29 is 4.52 Å². The lowest BCUT2D eigenvalue weighted by molar-refractivity contribution is 0.319. The second-order valence-corrected chi connectivity index (χ2v) is 5.40. The third-order valence-corrected chi connectivity index (χ3v) is 4.03. The molecule has 0 bridgehead atoms. The number of nitrogens with zero attached hydrogens (tertiary/aromatic N) is 3. The molecule has 3 rings (SSSR count). The van der Waals surface area contributed by atoms with Gasteiger partial charge in [-0.15, -0.1) is 0 Å². The Labute approximate surface area is 118 Å². The molecule has 0 atom stereocenters. The van der Waals surface area contributed by atoms with E-state index in [2.05, 4.69) is 28.3 Å². The van der Waals surface area contributed by atoms with E-state index in [1.54, 1.807) is 0 Å². The number of hydrogen-bond acceptors (Lipinski definition) is 4. The number of aryl methyl sites for hydroxylation is 2. The van der Waals surface area contributed by atoms with E-state index in [1.165, 1.54) is 5.56 Å². The fourth-order valence-corrected chi connectivity index (χ4v) is 2.80. The van der Waals surface area contributed by atoms with Crippen LogP contribution >= 0.6 is 0 Å². The number of nitriles is 1. The van der Waals surface area contributed by atoms with Gasteiger partial charge in [0.1, 0.15) is 5.41 Å². The third kappa shape index (κ3) is 2.44. The van der Waals surface area contributed by atoms with Gasteiger partial charge in [-0.25, -0.2) is 0 Å². The first-order valence-corrected chi connectivity index (χ1v) is 7.11. The Morgan fingerprint density at radius 3 is 2.60 bits per heavy atom. The smallest absolute Gasteiger partial charge is 0.247 e. The molecule has 1 aromatic carbocycles. The highest BCUT2D eigenvalue weighted by molar-refractivity contribution is 5.21. The summed E-state index contributed by atoms with van der Waals surface area (Å²) >= 11 is 0.